The van der Waals surface area contributed by atoms with Gasteiger partial charge in [-0.2, -0.15) is 0 Å². The Morgan fingerprint density at radius 3 is 2.55 bits per heavy atom. The van der Waals surface area contributed by atoms with Crippen molar-refractivity contribution in [2.45, 2.75) is 19.9 Å². The van der Waals surface area contributed by atoms with Crippen LogP contribution >= 0.6 is 0 Å². The van der Waals surface area contributed by atoms with Crippen molar-refractivity contribution < 1.29 is 19.0 Å². The number of nitrogens with one attached hydrogen (secondary N) is 1. The predicted molar refractivity (Wildman–Crippen MR) is 115 cm³/mol. The van der Waals surface area contributed by atoms with E-state index in [1.54, 1.807) is 41.3 Å². The molecule has 31 heavy (non-hydrogen) atoms. The van der Waals surface area contributed by atoms with Gasteiger partial charge < -0.3 is 14.2 Å². The highest BCUT2D eigenvalue weighted by Gasteiger charge is 2.43. The van der Waals surface area contributed by atoms with E-state index in [9.17, 15) is 19.7 Å². The second-order valence-electron chi connectivity index (χ2n) is 7.63. The first-order valence-corrected chi connectivity index (χ1v) is 10.4. The number of non-ortho nitro benzene ring substituents is 1. The summed E-state index contributed by atoms with van der Waals surface area (Å²) in [5.41, 5.74) is 0.767. The summed E-state index contributed by atoms with van der Waals surface area (Å²) in [6.07, 6.45) is 0. The lowest BCUT2D eigenvalue weighted by Crippen LogP contribution is -3.12. The molecule has 8 nitrogen and oxygen atoms in total. The average Bonchev–Trinajstić information content (AvgIpc) is 3.07. The van der Waals surface area contributed by atoms with Gasteiger partial charge in [-0.1, -0.05) is 24.3 Å². The molecule has 0 radical (unpaired) electrons. The van der Waals surface area contributed by atoms with Gasteiger partial charge in [0.15, 0.2) is 5.43 Å². The number of carbonyl (C=O) groups is 1. The first kappa shape index (κ1) is 20.7. The summed E-state index contributed by atoms with van der Waals surface area (Å²) in [6, 6.07) is 12.2. The Balaban J connectivity index is 1.88. The standard InChI is InChI=1S/C23H23N3O5/c1-3-24(4-2)12-13-25-20(15-8-7-9-16(14-15)26(29)30)19-21(27)17-10-5-6-11-18(17)31-22(19)23(25)28/h5-11,14,20H,3-4,12-13H2,1-2H3/p+1/t20-/m0/s1. The molecule has 1 N–H and O–H groups in total. The van der Waals surface area contributed by atoms with Crippen LogP contribution < -0.4 is 10.3 Å². The number of hydrogen-bond acceptors (Lipinski definition) is 5. The number of amides is 1. The second-order valence-corrected chi connectivity index (χ2v) is 7.63. The number of hydrogen-bond donors (Lipinski definition) is 1. The molecule has 0 saturated heterocycles. The zero-order valence-electron chi connectivity index (χ0n) is 17.5. The van der Waals surface area contributed by atoms with Crippen LogP contribution in [0, 0.1) is 10.1 Å². The molecule has 160 valence electrons. The van der Waals surface area contributed by atoms with Gasteiger partial charge in [-0.15, -0.1) is 0 Å². The van der Waals surface area contributed by atoms with E-state index >= 15 is 0 Å². The van der Waals surface area contributed by atoms with Gasteiger partial charge in [0, 0.05) is 12.1 Å². The van der Waals surface area contributed by atoms with Crippen LogP contribution in [0.5, 0.6) is 0 Å². The minimum atomic E-state index is -0.724. The average molecular weight is 422 g/mol. The van der Waals surface area contributed by atoms with E-state index in [-0.39, 0.29) is 28.3 Å². The molecular weight excluding hydrogens is 398 g/mol. The monoisotopic (exact) mass is 422 g/mol. The van der Waals surface area contributed by atoms with Gasteiger partial charge in [-0.3, -0.25) is 19.7 Å². The Bertz CT molecular complexity index is 1220. The van der Waals surface area contributed by atoms with Crippen LogP contribution in [0.15, 0.2) is 57.7 Å². The fourth-order valence-corrected chi connectivity index (χ4v) is 4.23. The number of nitro groups is 1. The Labute approximate surface area is 178 Å². The summed E-state index contributed by atoms with van der Waals surface area (Å²) in [4.78, 5) is 40.5. The normalized spacial score (nSPS) is 15.6. The van der Waals surface area contributed by atoms with E-state index in [2.05, 4.69) is 13.8 Å². The number of nitro benzene ring substituents is 1. The third-order valence-electron chi connectivity index (χ3n) is 5.98. The van der Waals surface area contributed by atoms with E-state index in [1.165, 1.54) is 17.0 Å². The Morgan fingerprint density at radius 1 is 1.10 bits per heavy atom. The number of para-hydroxylation sites is 1. The molecule has 0 saturated carbocycles. The molecule has 0 aliphatic carbocycles. The van der Waals surface area contributed by atoms with Gasteiger partial charge in [0.2, 0.25) is 5.76 Å². The maximum atomic E-state index is 13.4. The lowest BCUT2D eigenvalue weighted by atomic mass is 9.98. The smallest absolute Gasteiger partial charge is 0.291 e. The predicted octanol–water partition coefficient (Wildman–Crippen LogP) is 2.17. The van der Waals surface area contributed by atoms with E-state index in [1.807, 2.05) is 0 Å². The van der Waals surface area contributed by atoms with Crippen molar-refractivity contribution in [2.24, 2.45) is 0 Å². The number of rotatable bonds is 7. The molecule has 1 amide bonds. The molecule has 1 aromatic heterocycles. The summed E-state index contributed by atoms with van der Waals surface area (Å²) >= 11 is 0. The molecule has 2 heterocycles. The van der Waals surface area contributed by atoms with Crippen molar-refractivity contribution in [3.63, 3.8) is 0 Å². The van der Waals surface area contributed by atoms with Crippen molar-refractivity contribution in [3.05, 3.63) is 85.8 Å². The fourth-order valence-electron chi connectivity index (χ4n) is 4.23. The molecule has 2 aromatic carbocycles. The summed E-state index contributed by atoms with van der Waals surface area (Å²) < 4.78 is 5.88. The van der Waals surface area contributed by atoms with Crippen LogP contribution in [-0.2, 0) is 0 Å². The van der Waals surface area contributed by atoms with Gasteiger partial charge in [0.25, 0.3) is 11.6 Å². The number of fused-ring (bicyclic) bond motifs is 2. The summed E-state index contributed by atoms with van der Waals surface area (Å²) in [6.45, 7) is 7.08. The number of quaternary nitrogens is 1. The number of likely N-dealkylation sites (N-methyl/N-ethyl adjacent to an activating group) is 1. The highest BCUT2D eigenvalue weighted by atomic mass is 16.6. The largest absolute Gasteiger partial charge is 0.450 e. The van der Waals surface area contributed by atoms with E-state index < -0.39 is 11.0 Å². The lowest BCUT2D eigenvalue weighted by molar-refractivity contribution is -0.895. The first-order chi connectivity index (χ1) is 15.0. The van der Waals surface area contributed by atoms with Gasteiger partial charge in [0.05, 0.1) is 48.1 Å². The van der Waals surface area contributed by atoms with Gasteiger partial charge in [-0.25, -0.2) is 0 Å². The molecule has 3 aromatic rings. The summed E-state index contributed by atoms with van der Waals surface area (Å²) in [5.74, 6) is -0.337. The van der Waals surface area contributed by atoms with Crippen molar-refractivity contribution in [1.29, 1.82) is 0 Å². The van der Waals surface area contributed by atoms with E-state index in [0.29, 0.717) is 29.6 Å². The molecule has 4 rings (SSSR count). The molecule has 0 bridgehead atoms. The van der Waals surface area contributed by atoms with Crippen molar-refractivity contribution in [2.75, 3.05) is 26.2 Å². The van der Waals surface area contributed by atoms with E-state index in [4.69, 9.17) is 4.42 Å². The van der Waals surface area contributed by atoms with Crippen molar-refractivity contribution in [3.8, 4) is 0 Å². The zero-order chi connectivity index (χ0) is 22.1. The maximum absolute atomic E-state index is 13.4. The van der Waals surface area contributed by atoms with Gasteiger partial charge >= 0.3 is 0 Å². The van der Waals surface area contributed by atoms with Crippen LogP contribution in [0.1, 0.15) is 41.6 Å². The molecule has 8 heteroatoms. The third kappa shape index (κ3) is 3.59. The SMILES string of the molecule is CC[NH+](CC)CCN1C(=O)c2oc3ccccc3c(=O)c2[C@@H]1c1cccc([N+](=O)[O-])c1. The zero-order valence-corrected chi connectivity index (χ0v) is 17.5. The molecule has 1 atom stereocenters. The van der Waals surface area contributed by atoms with Crippen LogP contribution in [0.4, 0.5) is 5.69 Å². The number of carbonyl (C=O) groups excluding carboxylic acids is 1. The van der Waals surface area contributed by atoms with Crippen LogP contribution in [-0.4, -0.2) is 41.9 Å². The van der Waals surface area contributed by atoms with Crippen LogP contribution in [0.3, 0.4) is 0 Å². The molecule has 0 unspecified atom stereocenters. The topological polar surface area (TPSA) is 98.1 Å². The lowest BCUT2D eigenvalue weighted by Gasteiger charge is -2.26. The molecule has 0 fully saturated rings. The maximum Gasteiger partial charge on any atom is 0.291 e. The number of benzene rings is 2. The molecule has 0 spiro atoms. The highest BCUT2D eigenvalue weighted by Crippen LogP contribution is 2.38. The minimum absolute atomic E-state index is 0.0229. The number of nitrogens with zero attached hydrogens (tertiary/aromatic N) is 2. The van der Waals surface area contributed by atoms with E-state index in [0.717, 1.165) is 13.1 Å². The summed E-state index contributed by atoms with van der Waals surface area (Å²) in [5, 5.41) is 11.7. The quantitative estimate of drug-likeness (QED) is 0.465. The summed E-state index contributed by atoms with van der Waals surface area (Å²) in [7, 11) is 0. The van der Waals surface area contributed by atoms with Gasteiger partial charge in [0.1, 0.15) is 5.58 Å². The Morgan fingerprint density at radius 2 is 1.84 bits per heavy atom. The third-order valence-corrected chi connectivity index (χ3v) is 5.98. The fraction of sp³-hybridized carbons (Fsp3) is 0.304. The molecule has 1 aliphatic rings. The van der Waals surface area contributed by atoms with Gasteiger partial charge in [-0.05, 0) is 31.5 Å². The molecular formula is C23H24N3O5+. The van der Waals surface area contributed by atoms with Crippen molar-refractivity contribution in [1.82, 2.24) is 4.90 Å². The van der Waals surface area contributed by atoms with Crippen LogP contribution in [0.2, 0.25) is 0 Å². The minimum Gasteiger partial charge on any atom is -0.450 e. The highest BCUT2D eigenvalue weighted by molar-refractivity contribution is 5.99. The first-order valence-electron chi connectivity index (χ1n) is 10.4. The Kier molecular flexibility index (Phi) is 5.56. The molecule has 1 aliphatic heterocycles. The van der Waals surface area contributed by atoms with Crippen LogP contribution in [0.25, 0.3) is 11.0 Å². The van der Waals surface area contributed by atoms with Crippen molar-refractivity contribution >= 4 is 22.6 Å². The Hall–Kier alpha value is -3.52. The second kappa shape index (κ2) is 8.31.